The number of nitrogen functional groups attached to an aromatic ring is 1. The van der Waals surface area contributed by atoms with Gasteiger partial charge in [-0.05, 0) is 25.8 Å². The van der Waals surface area contributed by atoms with Crippen molar-refractivity contribution >= 4 is 22.5 Å². The van der Waals surface area contributed by atoms with E-state index in [1.807, 2.05) is 6.07 Å². The molecule has 2 aromatic rings. The first-order valence-electron chi connectivity index (χ1n) is 5.88. The van der Waals surface area contributed by atoms with Crippen molar-refractivity contribution in [3.63, 3.8) is 0 Å². The van der Waals surface area contributed by atoms with Crippen molar-refractivity contribution in [1.82, 2.24) is 4.98 Å². The van der Waals surface area contributed by atoms with Crippen LogP contribution in [0.25, 0.3) is 11.1 Å². The zero-order valence-corrected chi connectivity index (χ0v) is 9.69. The molecule has 5 heteroatoms. The third kappa shape index (κ3) is 1.67. The van der Waals surface area contributed by atoms with Gasteiger partial charge in [0.25, 0.3) is 0 Å². The van der Waals surface area contributed by atoms with Crippen LogP contribution in [-0.2, 0) is 0 Å². The van der Waals surface area contributed by atoms with Crippen LogP contribution < -0.4 is 16.4 Å². The van der Waals surface area contributed by atoms with Gasteiger partial charge in [-0.25, -0.2) is 4.79 Å². The molecule has 1 aromatic heterocycles. The minimum atomic E-state index is -0.439. The number of hydrogen-bond donors (Lipinski definition) is 2. The highest BCUT2D eigenvalue weighted by Gasteiger charge is 2.29. The lowest BCUT2D eigenvalue weighted by molar-refractivity contribution is 0.555. The van der Waals surface area contributed by atoms with Gasteiger partial charge in [0.15, 0.2) is 5.58 Å². The third-order valence-electron chi connectivity index (χ3n) is 3.21. The molecule has 90 valence electrons. The molecule has 0 saturated heterocycles. The minimum absolute atomic E-state index is 0.439. The summed E-state index contributed by atoms with van der Waals surface area (Å²) in [6.07, 6.45) is 2.43. The molecular weight excluding hydrogens is 218 g/mol. The Bertz CT molecular complexity index is 610. The van der Waals surface area contributed by atoms with E-state index in [-0.39, 0.29) is 0 Å². The van der Waals surface area contributed by atoms with E-state index in [9.17, 15) is 4.79 Å². The van der Waals surface area contributed by atoms with Gasteiger partial charge in [0.05, 0.1) is 16.9 Å². The second-order valence-corrected chi connectivity index (χ2v) is 4.44. The van der Waals surface area contributed by atoms with Gasteiger partial charge in [-0.1, -0.05) is 0 Å². The van der Waals surface area contributed by atoms with E-state index in [4.69, 9.17) is 10.2 Å². The molecule has 0 radical (unpaired) electrons. The molecule has 0 bridgehead atoms. The van der Waals surface area contributed by atoms with Crippen molar-refractivity contribution in [1.29, 1.82) is 0 Å². The summed E-state index contributed by atoms with van der Waals surface area (Å²) in [4.78, 5) is 16.1. The predicted octanol–water partition coefficient (Wildman–Crippen LogP) is 1.69. The Kier molecular flexibility index (Phi) is 2.14. The lowest BCUT2D eigenvalue weighted by atomic mass is 10.2. The van der Waals surface area contributed by atoms with Crippen LogP contribution in [0.3, 0.4) is 0 Å². The van der Waals surface area contributed by atoms with Gasteiger partial charge in [0.1, 0.15) is 0 Å². The monoisotopic (exact) mass is 233 g/mol. The highest BCUT2D eigenvalue weighted by Crippen LogP contribution is 2.36. The number of fused-ring (bicyclic) bond motifs is 1. The molecule has 1 fully saturated rings. The maximum atomic E-state index is 11.1. The Morgan fingerprint density at radius 1 is 1.53 bits per heavy atom. The van der Waals surface area contributed by atoms with E-state index >= 15 is 0 Å². The number of aromatic amines is 1. The highest BCUT2D eigenvalue weighted by molar-refractivity contribution is 5.85. The normalized spacial score (nSPS) is 15.4. The van der Waals surface area contributed by atoms with Crippen molar-refractivity contribution in [2.45, 2.75) is 25.8 Å². The molecule has 5 nitrogen and oxygen atoms in total. The van der Waals surface area contributed by atoms with E-state index in [2.05, 4.69) is 16.8 Å². The van der Waals surface area contributed by atoms with Crippen LogP contribution in [0, 0.1) is 0 Å². The van der Waals surface area contributed by atoms with Gasteiger partial charge in [-0.2, -0.15) is 0 Å². The number of oxazole rings is 1. The van der Waals surface area contributed by atoms with Crippen LogP contribution in [0.15, 0.2) is 21.3 Å². The smallest absolute Gasteiger partial charge is 0.408 e. The Morgan fingerprint density at radius 3 is 2.94 bits per heavy atom. The van der Waals surface area contributed by atoms with E-state index < -0.39 is 5.76 Å². The van der Waals surface area contributed by atoms with Crippen molar-refractivity contribution in [3.8, 4) is 0 Å². The standard InChI is InChI=1S/C12H15N3O2/c1-2-15(7-3-4-7)10-6-9-11(5-8(10)13)17-12(16)14-9/h5-7H,2-4,13H2,1H3,(H,14,16). The Hall–Kier alpha value is -1.91. The number of benzene rings is 1. The summed E-state index contributed by atoms with van der Waals surface area (Å²) in [5, 5.41) is 0. The average Bonchev–Trinajstić information content (AvgIpc) is 3.03. The fourth-order valence-corrected chi connectivity index (χ4v) is 2.26. The van der Waals surface area contributed by atoms with Crippen LogP contribution in [-0.4, -0.2) is 17.6 Å². The van der Waals surface area contributed by atoms with Crippen LogP contribution >= 0.6 is 0 Å². The number of H-pyrrole nitrogens is 1. The van der Waals surface area contributed by atoms with Gasteiger partial charge >= 0.3 is 5.76 Å². The molecule has 0 atom stereocenters. The number of anilines is 2. The number of hydrogen-bond acceptors (Lipinski definition) is 4. The SMILES string of the molecule is CCN(c1cc2[nH]c(=O)oc2cc1N)C1CC1. The van der Waals surface area contributed by atoms with E-state index in [1.165, 1.54) is 12.8 Å². The fourth-order valence-electron chi connectivity index (χ4n) is 2.26. The molecular formula is C12H15N3O2. The topological polar surface area (TPSA) is 75.3 Å². The summed E-state index contributed by atoms with van der Waals surface area (Å²) < 4.78 is 4.98. The number of nitrogens with zero attached hydrogens (tertiary/aromatic N) is 1. The zero-order valence-electron chi connectivity index (χ0n) is 9.69. The van der Waals surface area contributed by atoms with E-state index in [1.54, 1.807) is 6.07 Å². The lowest BCUT2D eigenvalue weighted by Gasteiger charge is -2.24. The molecule has 0 amide bonds. The summed E-state index contributed by atoms with van der Waals surface area (Å²) in [7, 11) is 0. The van der Waals surface area contributed by atoms with Crippen LogP contribution in [0.4, 0.5) is 11.4 Å². The molecule has 17 heavy (non-hydrogen) atoms. The van der Waals surface area contributed by atoms with Gasteiger partial charge in [-0.3, -0.25) is 4.98 Å². The lowest BCUT2D eigenvalue weighted by Crippen LogP contribution is -2.25. The molecule has 0 spiro atoms. The third-order valence-corrected chi connectivity index (χ3v) is 3.21. The first-order chi connectivity index (χ1) is 8.19. The molecule has 1 aliphatic rings. The van der Waals surface area contributed by atoms with Gasteiger partial charge in [0.2, 0.25) is 0 Å². The maximum Gasteiger partial charge on any atom is 0.417 e. The van der Waals surface area contributed by atoms with Crippen molar-refractivity contribution < 1.29 is 4.42 Å². The number of nitrogens with two attached hydrogens (primary N) is 1. The second kappa shape index (κ2) is 3.55. The van der Waals surface area contributed by atoms with E-state index in [0.717, 1.165) is 12.2 Å². The summed E-state index contributed by atoms with van der Waals surface area (Å²) in [6.45, 7) is 3.03. The fraction of sp³-hybridized carbons (Fsp3) is 0.417. The molecule has 1 heterocycles. The van der Waals surface area contributed by atoms with Crippen molar-refractivity contribution in [2.24, 2.45) is 0 Å². The molecule has 1 aromatic carbocycles. The van der Waals surface area contributed by atoms with Crippen LogP contribution in [0.5, 0.6) is 0 Å². The molecule has 3 rings (SSSR count). The van der Waals surface area contributed by atoms with Gasteiger partial charge in [-0.15, -0.1) is 0 Å². The van der Waals surface area contributed by atoms with Crippen LogP contribution in [0.2, 0.25) is 0 Å². The van der Waals surface area contributed by atoms with Gasteiger partial charge < -0.3 is 15.1 Å². The molecule has 0 aliphatic heterocycles. The highest BCUT2D eigenvalue weighted by atomic mass is 16.4. The summed E-state index contributed by atoms with van der Waals surface area (Å²) in [6, 6.07) is 4.21. The van der Waals surface area contributed by atoms with Crippen molar-refractivity contribution in [3.05, 3.63) is 22.7 Å². The minimum Gasteiger partial charge on any atom is -0.408 e. The van der Waals surface area contributed by atoms with E-state index in [0.29, 0.717) is 22.8 Å². The first-order valence-corrected chi connectivity index (χ1v) is 5.88. The zero-order chi connectivity index (χ0) is 12.0. The first kappa shape index (κ1) is 10.3. The summed E-state index contributed by atoms with van der Waals surface area (Å²) in [5.74, 6) is -0.439. The van der Waals surface area contributed by atoms with Crippen LogP contribution in [0.1, 0.15) is 19.8 Å². The maximum absolute atomic E-state index is 11.1. The Labute approximate surface area is 98.2 Å². The average molecular weight is 233 g/mol. The quantitative estimate of drug-likeness (QED) is 0.791. The van der Waals surface area contributed by atoms with Crippen molar-refractivity contribution in [2.75, 3.05) is 17.2 Å². The predicted molar refractivity (Wildman–Crippen MR) is 67.3 cm³/mol. The molecule has 1 aliphatic carbocycles. The Balaban J connectivity index is 2.13. The molecule has 3 N–H and O–H groups in total. The Morgan fingerprint density at radius 2 is 2.29 bits per heavy atom. The number of rotatable bonds is 3. The molecule has 1 saturated carbocycles. The number of aromatic nitrogens is 1. The van der Waals surface area contributed by atoms with Gasteiger partial charge in [0, 0.05) is 18.7 Å². The second-order valence-electron chi connectivity index (χ2n) is 4.44. The largest absolute Gasteiger partial charge is 0.417 e. The molecule has 0 unspecified atom stereocenters. The number of nitrogens with one attached hydrogen (secondary N) is 1. The summed E-state index contributed by atoms with van der Waals surface area (Å²) >= 11 is 0. The summed E-state index contributed by atoms with van der Waals surface area (Å²) in [5.41, 5.74) is 8.89.